The Bertz CT molecular complexity index is 291. The van der Waals surface area contributed by atoms with Gasteiger partial charge in [-0.05, 0) is 31.1 Å². The second kappa shape index (κ2) is 6.92. The van der Waals surface area contributed by atoms with Crippen molar-refractivity contribution >= 4 is 34.1 Å². The number of nitrogen functional groups attached to an aromatic ring is 1. The number of rotatable bonds is 7. The number of nitrogens with zero attached hydrogens (tertiary/aromatic N) is 1. The van der Waals surface area contributed by atoms with Crippen molar-refractivity contribution in [1.29, 1.82) is 0 Å². The second-order valence-electron chi connectivity index (χ2n) is 2.91. The molecule has 0 radical (unpaired) electrons. The number of hydrogen-bond acceptors (Lipinski definition) is 6. The summed E-state index contributed by atoms with van der Waals surface area (Å²) < 4.78 is 9.36. The van der Waals surface area contributed by atoms with E-state index in [9.17, 15) is 0 Å². The third-order valence-electron chi connectivity index (χ3n) is 1.83. The standard InChI is InChI=1S/C9H17N3OS2/c1-3-13-6-4-5-11-9-7(14-2)8(10)12-15-9/h11H,3-6H2,1-2H3,(H2,10,12). The quantitative estimate of drug-likeness (QED) is 0.572. The molecule has 0 atom stereocenters. The zero-order valence-electron chi connectivity index (χ0n) is 9.08. The molecule has 1 aromatic rings. The van der Waals surface area contributed by atoms with Crippen molar-refractivity contribution < 1.29 is 4.74 Å². The Morgan fingerprint density at radius 3 is 3.07 bits per heavy atom. The first-order valence-corrected chi connectivity index (χ1v) is 6.90. The van der Waals surface area contributed by atoms with Crippen LogP contribution in [0.2, 0.25) is 0 Å². The highest BCUT2D eigenvalue weighted by Crippen LogP contribution is 2.34. The molecule has 0 bridgehead atoms. The first kappa shape index (κ1) is 12.6. The zero-order chi connectivity index (χ0) is 11.1. The van der Waals surface area contributed by atoms with Gasteiger partial charge in [-0.3, -0.25) is 0 Å². The van der Waals surface area contributed by atoms with Gasteiger partial charge in [-0.25, -0.2) is 0 Å². The Hall–Kier alpha value is -0.460. The van der Waals surface area contributed by atoms with Crippen LogP contribution in [-0.2, 0) is 4.74 Å². The summed E-state index contributed by atoms with van der Waals surface area (Å²) in [6.07, 6.45) is 3.00. The van der Waals surface area contributed by atoms with Crippen LogP contribution in [0.3, 0.4) is 0 Å². The molecule has 0 saturated heterocycles. The van der Waals surface area contributed by atoms with E-state index in [2.05, 4.69) is 9.69 Å². The maximum absolute atomic E-state index is 5.72. The van der Waals surface area contributed by atoms with Crippen molar-refractivity contribution in [1.82, 2.24) is 4.37 Å². The molecule has 86 valence electrons. The molecule has 15 heavy (non-hydrogen) atoms. The van der Waals surface area contributed by atoms with E-state index in [-0.39, 0.29) is 0 Å². The molecule has 3 N–H and O–H groups in total. The van der Waals surface area contributed by atoms with Crippen LogP contribution in [0.1, 0.15) is 13.3 Å². The molecule has 0 amide bonds. The molecule has 0 aliphatic rings. The molecule has 1 aromatic heterocycles. The van der Waals surface area contributed by atoms with Gasteiger partial charge in [0.05, 0.1) is 4.90 Å². The lowest BCUT2D eigenvalue weighted by atomic mass is 10.4. The van der Waals surface area contributed by atoms with E-state index in [4.69, 9.17) is 10.5 Å². The highest BCUT2D eigenvalue weighted by Gasteiger charge is 2.08. The van der Waals surface area contributed by atoms with Crippen LogP contribution in [0.4, 0.5) is 10.8 Å². The summed E-state index contributed by atoms with van der Waals surface area (Å²) in [5.41, 5.74) is 5.72. The molecule has 0 saturated carbocycles. The first-order valence-electron chi connectivity index (χ1n) is 4.90. The third kappa shape index (κ3) is 3.89. The maximum atomic E-state index is 5.72. The Kier molecular flexibility index (Phi) is 5.82. The van der Waals surface area contributed by atoms with Gasteiger partial charge in [0.25, 0.3) is 0 Å². The molecule has 1 heterocycles. The van der Waals surface area contributed by atoms with Crippen LogP contribution in [-0.4, -0.2) is 30.4 Å². The predicted octanol–water partition coefficient (Wildman–Crippen LogP) is 2.29. The van der Waals surface area contributed by atoms with Crippen molar-refractivity contribution in [2.45, 2.75) is 18.2 Å². The smallest absolute Gasteiger partial charge is 0.153 e. The van der Waals surface area contributed by atoms with E-state index >= 15 is 0 Å². The highest BCUT2D eigenvalue weighted by atomic mass is 32.2. The van der Waals surface area contributed by atoms with E-state index in [1.165, 1.54) is 11.5 Å². The average molecular weight is 247 g/mol. The van der Waals surface area contributed by atoms with E-state index in [1.807, 2.05) is 13.2 Å². The van der Waals surface area contributed by atoms with E-state index in [0.29, 0.717) is 5.82 Å². The van der Waals surface area contributed by atoms with E-state index in [1.54, 1.807) is 11.8 Å². The van der Waals surface area contributed by atoms with E-state index < -0.39 is 0 Å². The van der Waals surface area contributed by atoms with Gasteiger partial charge in [0.15, 0.2) is 5.82 Å². The van der Waals surface area contributed by atoms with Crippen molar-refractivity contribution in [2.24, 2.45) is 0 Å². The van der Waals surface area contributed by atoms with Gasteiger partial charge >= 0.3 is 0 Å². The number of thioether (sulfide) groups is 1. The minimum atomic E-state index is 0.625. The summed E-state index contributed by atoms with van der Waals surface area (Å²) in [4.78, 5) is 1.05. The third-order valence-corrected chi connectivity index (χ3v) is 3.60. The fraction of sp³-hybridized carbons (Fsp3) is 0.667. The van der Waals surface area contributed by atoms with Crippen molar-refractivity contribution in [2.75, 3.05) is 37.1 Å². The molecule has 0 aromatic carbocycles. The predicted molar refractivity (Wildman–Crippen MR) is 67.9 cm³/mol. The fourth-order valence-corrected chi connectivity index (χ4v) is 2.69. The van der Waals surface area contributed by atoms with Gasteiger partial charge in [0, 0.05) is 19.8 Å². The molecule has 6 heteroatoms. The summed E-state index contributed by atoms with van der Waals surface area (Å²) in [5.74, 6) is 0.625. The van der Waals surface area contributed by atoms with Crippen LogP contribution < -0.4 is 11.1 Å². The number of aromatic nitrogens is 1. The average Bonchev–Trinajstić information content (AvgIpc) is 2.59. The number of anilines is 2. The monoisotopic (exact) mass is 247 g/mol. The molecular formula is C9H17N3OS2. The number of nitrogens with two attached hydrogens (primary N) is 1. The Balaban J connectivity index is 2.30. The molecule has 4 nitrogen and oxygen atoms in total. The molecule has 1 rings (SSSR count). The van der Waals surface area contributed by atoms with Crippen molar-refractivity contribution in [3.8, 4) is 0 Å². The lowest BCUT2D eigenvalue weighted by molar-refractivity contribution is 0.147. The van der Waals surface area contributed by atoms with Gasteiger partial charge < -0.3 is 15.8 Å². The Morgan fingerprint density at radius 2 is 2.40 bits per heavy atom. The van der Waals surface area contributed by atoms with Gasteiger partial charge in [-0.2, -0.15) is 4.37 Å². The molecule has 0 fully saturated rings. The molecule has 0 spiro atoms. The number of nitrogens with one attached hydrogen (secondary N) is 1. The largest absolute Gasteiger partial charge is 0.382 e. The summed E-state index contributed by atoms with van der Waals surface area (Å²) in [5, 5.41) is 4.39. The minimum absolute atomic E-state index is 0.625. The maximum Gasteiger partial charge on any atom is 0.153 e. The fourth-order valence-electron chi connectivity index (χ4n) is 1.12. The highest BCUT2D eigenvalue weighted by molar-refractivity contribution is 7.99. The zero-order valence-corrected chi connectivity index (χ0v) is 10.7. The van der Waals surface area contributed by atoms with Crippen LogP contribution in [0.25, 0.3) is 0 Å². The summed E-state index contributed by atoms with van der Waals surface area (Å²) in [6.45, 7) is 4.48. The van der Waals surface area contributed by atoms with Crippen LogP contribution >= 0.6 is 23.3 Å². The lowest BCUT2D eigenvalue weighted by Crippen LogP contribution is -2.05. The van der Waals surface area contributed by atoms with Crippen molar-refractivity contribution in [3.05, 3.63) is 0 Å². The Labute approximate surface area is 98.7 Å². The molecule has 0 aliphatic carbocycles. The molecule has 0 aliphatic heterocycles. The number of hydrogen-bond donors (Lipinski definition) is 2. The summed E-state index contributed by atoms with van der Waals surface area (Å²) in [7, 11) is 0. The van der Waals surface area contributed by atoms with Gasteiger partial charge in [0.1, 0.15) is 5.00 Å². The molecular weight excluding hydrogens is 230 g/mol. The number of ether oxygens (including phenoxy) is 1. The minimum Gasteiger partial charge on any atom is -0.382 e. The topological polar surface area (TPSA) is 60.2 Å². The van der Waals surface area contributed by atoms with Gasteiger partial charge in [0.2, 0.25) is 0 Å². The summed E-state index contributed by atoms with van der Waals surface area (Å²) >= 11 is 3.04. The van der Waals surface area contributed by atoms with Crippen LogP contribution in [0.15, 0.2) is 4.90 Å². The second-order valence-corrected chi connectivity index (χ2v) is 4.50. The normalized spacial score (nSPS) is 10.5. The molecule has 0 unspecified atom stereocenters. The Morgan fingerprint density at radius 1 is 1.60 bits per heavy atom. The van der Waals surface area contributed by atoms with E-state index in [0.717, 1.165) is 36.1 Å². The first-order chi connectivity index (χ1) is 7.29. The van der Waals surface area contributed by atoms with Gasteiger partial charge in [-0.1, -0.05) is 0 Å². The van der Waals surface area contributed by atoms with Crippen LogP contribution in [0.5, 0.6) is 0 Å². The SMILES string of the molecule is CCOCCCNc1snc(N)c1SC. The summed E-state index contributed by atoms with van der Waals surface area (Å²) in [6, 6.07) is 0. The van der Waals surface area contributed by atoms with Crippen LogP contribution in [0, 0.1) is 0 Å². The lowest BCUT2D eigenvalue weighted by Gasteiger charge is -2.05. The van der Waals surface area contributed by atoms with Crippen molar-refractivity contribution in [3.63, 3.8) is 0 Å². The van der Waals surface area contributed by atoms with Gasteiger partial charge in [-0.15, -0.1) is 11.8 Å².